The molecule has 5 nitrogen and oxygen atoms in total. The Balaban J connectivity index is 1.82. The summed E-state index contributed by atoms with van der Waals surface area (Å²) in [6.45, 7) is 4.52. The van der Waals surface area contributed by atoms with Gasteiger partial charge in [0.1, 0.15) is 5.82 Å². The third-order valence-electron chi connectivity index (χ3n) is 3.64. The third-order valence-corrected chi connectivity index (χ3v) is 3.83. The smallest absolute Gasteiger partial charge is 0.222 e. The SMILES string of the molecule is COC[C@H]1CC=C2N=C(c3nc(Cl)ncc3C)CN2C1. The van der Waals surface area contributed by atoms with E-state index < -0.39 is 0 Å². The highest BCUT2D eigenvalue weighted by Crippen LogP contribution is 2.27. The Bertz CT molecular complexity index is 585. The Hall–Kier alpha value is -1.46. The molecule has 3 heterocycles. The molecule has 0 N–H and O–H groups in total. The average Bonchev–Trinajstić information content (AvgIpc) is 2.85. The lowest BCUT2D eigenvalue weighted by Gasteiger charge is -2.28. The van der Waals surface area contributed by atoms with E-state index in [0.717, 1.165) is 48.9 Å². The molecule has 0 amide bonds. The van der Waals surface area contributed by atoms with Crippen LogP contribution in [-0.2, 0) is 4.74 Å². The topological polar surface area (TPSA) is 50.6 Å². The van der Waals surface area contributed by atoms with Crippen LogP contribution in [-0.4, -0.2) is 47.4 Å². The average molecular weight is 293 g/mol. The van der Waals surface area contributed by atoms with Crippen LogP contribution in [0.1, 0.15) is 17.7 Å². The van der Waals surface area contributed by atoms with Gasteiger partial charge in [-0.1, -0.05) is 0 Å². The van der Waals surface area contributed by atoms with Crippen molar-refractivity contribution in [2.45, 2.75) is 13.3 Å². The highest BCUT2D eigenvalue weighted by atomic mass is 35.5. The number of aryl methyl sites for hydroxylation is 1. The Morgan fingerprint density at radius 1 is 1.50 bits per heavy atom. The van der Waals surface area contributed by atoms with E-state index in [2.05, 4.69) is 20.9 Å². The number of ether oxygens (including phenoxy) is 1. The maximum absolute atomic E-state index is 5.89. The van der Waals surface area contributed by atoms with Crippen molar-refractivity contribution in [3.63, 3.8) is 0 Å². The molecule has 0 saturated carbocycles. The molecule has 0 aromatic carbocycles. The number of nitrogens with zero attached hydrogens (tertiary/aromatic N) is 4. The van der Waals surface area contributed by atoms with Crippen molar-refractivity contribution in [2.24, 2.45) is 10.9 Å². The molecule has 0 spiro atoms. The van der Waals surface area contributed by atoms with Crippen LogP contribution in [0.15, 0.2) is 23.1 Å². The van der Waals surface area contributed by atoms with Gasteiger partial charge in [-0.25, -0.2) is 15.0 Å². The Labute approximate surface area is 123 Å². The van der Waals surface area contributed by atoms with Crippen molar-refractivity contribution in [1.29, 1.82) is 0 Å². The van der Waals surface area contributed by atoms with Crippen molar-refractivity contribution in [1.82, 2.24) is 14.9 Å². The van der Waals surface area contributed by atoms with Gasteiger partial charge in [0.2, 0.25) is 5.28 Å². The molecule has 20 heavy (non-hydrogen) atoms. The summed E-state index contributed by atoms with van der Waals surface area (Å²) in [5, 5.41) is 0.268. The highest BCUT2D eigenvalue weighted by molar-refractivity contribution is 6.28. The largest absolute Gasteiger partial charge is 0.384 e. The zero-order valence-electron chi connectivity index (χ0n) is 11.6. The molecule has 106 valence electrons. The molecular formula is C14H17ClN4O. The molecule has 0 bridgehead atoms. The van der Waals surface area contributed by atoms with Crippen molar-refractivity contribution >= 4 is 17.3 Å². The van der Waals surface area contributed by atoms with Crippen molar-refractivity contribution < 1.29 is 4.74 Å². The summed E-state index contributed by atoms with van der Waals surface area (Å²) in [6.07, 6.45) is 4.94. The summed E-state index contributed by atoms with van der Waals surface area (Å²) in [5.41, 5.74) is 2.82. The Kier molecular flexibility index (Phi) is 3.72. The molecular weight excluding hydrogens is 276 g/mol. The Morgan fingerprint density at radius 3 is 3.15 bits per heavy atom. The van der Waals surface area contributed by atoms with E-state index >= 15 is 0 Å². The number of aromatic nitrogens is 2. The van der Waals surface area contributed by atoms with Gasteiger partial charge >= 0.3 is 0 Å². The van der Waals surface area contributed by atoms with Crippen LogP contribution in [0.2, 0.25) is 5.28 Å². The number of hydrogen-bond donors (Lipinski definition) is 0. The quantitative estimate of drug-likeness (QED) is 0.800. The second kappa shape index (κ2) is 5.50. The van der Waals surface area contributed by atoms with Crippen molar-refractivity contribution in [3.05, 3.63) is 34.6 Å². The Morgan fingerprint density at radius 2 is 2.35 bits per heavy atom. The van der Waals surface area contributed by atoms with E-state index in [1.165, 1.54) is 0 Å². The molecule has 1 aromatic heterocycles. The van der Waals surface area contributed by atoms with Gasteiger partial charge < -0.3 is 9.64 Å². The zero-order chi connectivity index (χ0) is 14.1. The van der Waals surface area contributed by atoms with Crippen LogP contribution in [0.25, 0.3) is 0 Å². The van der Waals surface area contributed by atoms with Crippen LogP contribution in [0.4, 0.5) is 0 Å². The number of fused-ring (bicyclic) bond motifs is 1. The van der Waals surface area contributed by atoms with E-state index in [0.29, 0.717) is 5.92 Å². The molecule has 6 heteroatoms. The molecule has 2 aliphatic heterocycles. The van der Waals surface area contributed by atoms with E-state index in [4.69, 9.17) is 21.3 Å². The fourth-order valence-corrected chi connectivity index (χ4v) is 2.83. The summed E-state index contributed by atoms with van der Waals surface area (Å²) in [5.74, 6) is 1.58. The van der Waals surface area contributed by atoms with Crippen LogP contribution >= 0.6 is 11.6 Å². The summed E-state index contributed by atoms with van der Waals surface area (Å²) >= 11 is 5.89. The van der Waals surface area contributed by atoms with Crippen molar-refractivity contribution in [3.8, 4) is 0 Å². The van der Waals surface area contributed by atoms with E-state index in [9.17, 15) is 0 Å². The lowest BCUT2D eigenvalue weighted by molar-refractivity contribution is 0.130. The number of halogens is 1. The second-order valence-electron chi connectivity index (χ2n) is 5.23. The van der Waals surface area contributed by atoms with Crippen LogP contribution < -0.4 is 0 Å². The zero-order valence-corrected chi connectivity index (χ0v) is 12.4. The van der Waals surface area contributed by atoms with Gasteiger partial charge in [-0.15, -0.1) is 0 Å². The maximum atomic E-state index is 5.89. The number of rotatable bonds is 3. The third kappa shape index (κ3) is 2.55. The second-order valence-corrected chi connectivity index (χ2v) is 5.57. The minimum absolute atomic E-state index is 0.268. The van der Waals surface area contributed by atoms with Gasteiger partial charge in [-0.05, 0) is 36.6 Å². The number of hydrogen-bond acceptors (Lipinski definition) is 5. The fraction of sp³-hybridized carbons (Fsp3) is 0.500. The summed E-state index contributed by atoms with van der Waals surface area (Å²) in [6, 6.07) is 0. The van der Waals surface area contributed by atoms with Crippen LogP contribution in [0.3, 0.4) is 0 Å². The normalized spacial score (nSPS) is 21.6. The summed E-state index contributed by atoms with van der Waals surface area (Å²) in [4.78, 5) is 15.3. The first-order valence-electron chi connectivity index (χ1n) is 6.68. The minimum Gasteiger partial charge on any atom is -0.384 e. The first kappa shape index (κ1) is 13.5. The number of allylic oxidation sites excluding steroid dienone is 1. The van der Waals surface area contributed by atoms with Gasteiger partial charge in [0.25, 0.3) is 0 Å². The molecule has 0 aliphatic carbocycles. The van der Waals surface area contributed by atoms with Gasteiger partial charge in [0.15, 0.2) is 0 Å². The lowest BCUT2D eigenvalue weighted by atomic mass is 10.0. The van der Waals surface area contributed by atoms with Crippen LogP contribution in [0, 0.1) is 12.8 Å². The van der Waals surface area contributed by atoms with Gasteiger partial charge in [-0.3, -0.25) is 0 Å². The lowest BCUT2D eigenvalue weighted by Crippen LogP contribution is -2.33. The predicted octanol–water partition coefficient (Wildman–Crippen LogP) is 2.05. The minimum atomic E-state index is 0.268. The molecule has 0 radical (unpaired) electrons. The van der Waals surface area contributed by atoms with E-state index in [1.807, 2.05) is 6.92 Å². The first-order valence-corrected chi connectivity index (χ1v) is 7.06. The number of aliphatic imine (C=N–C) groups is 1. The first-order chi connectivity index (χ1) is 9.67. The van der Waals surface area contributed by atoms with Crippen molar-refractivity contribution in [2.75, 3.05) is 26.8 Å². The van der Waals surface area contributed by atoms with Gasteiger partial charge in [0, 0.05) is 25.8 Å². The monoisotopic (exact) mass is 292 g/mol. The standard InChI is InChI=1S/C14H17ClN4O/c1-9-5-16-14(15)18-13(9)11-7-19-6-10(8-20-2)3-4-12(19)17-11/h4-5,10H,3,6-8H2,1-2H3/t10-/m0/s1. The molecule has 1 aromatic rings. The molecule has 3 rings (SSSR count). The summed E-state index contributed by atoms with van der Waals surface area (Å²) < 4.78 is 5.24. The van der Waals surface area contributed by atoms with Gasteiger partial charge in [-0.2, -0.15) is 0 Å². The van der Waals surface area contributed by atoms with Gasteiger partial charge in [0.05, 0.1) is 24.6 Å². The molecule has 0 fully saturated rings. The highest BCUT2D eigenvalue weighted by Gasteiger charge is 2.28. The predicted molar refractivity (Wildman–Crippen MR) is 78.0 cm³/mol. The van der Waals surface area contributed by atoms with E-state index in [-0.39, 0.29) is 5.28 Å². The number of methoxy groups -OCH3 is 1. The molecule has 1 atom stereocenters. The summed E-state index contributed by atoms with van der Waals surface area (Å²) in [7, 11) is 1.75. The maximum Gasteiger partial charge on any atom is 0.222 e. The fourth-order valence-electron chi connectivity index (χ4n) is 2.69. The molecule has 2 aliphatic rings. The molecule has 0 saturated heterocycles. The van der Waals surface area contributed by atoms with Crippen LogP contribution in [0.5, 0.6) is 0 Å². The molecule has 0 unspecified atom stereocenters. The van der Waals surface area contributed by atoms with E-state index in [1.54, 1.807) is 13.3 Å².